The molecule has 1 atom stereocenters. The van der Waals surface area contributed by atoms with E-state index in [1.54, 1.807) is 12.2 Å². The van der Waals surface area contributed by atoms with Gasteiger partial charge in [0.2, 0.25) is 0 Å². The lowest BCUT2D eigenvalue weighted by atomic mass is 10.4. The summed E-state index contributed by atoms with van der Waals surface area (Å²) < 4.78 is 34.5. The molecule has 0 aromatic heterocycles. The molecule has 0 radical (unpaired) electrons. The summed E-state index contributed by atoms with van der Waals surface area (Å²) in [4.78, 5) is 9.55. The predicted molar refractivity (Wildman–Crippen MR) is 37.2 cm³/mol. The molecular formula is C5H7BrF3NO. The van der Waals surface area contributed by atoms with Crippen molar-refractivity contribution in [2.45, 2.75) is 24.5 Å². The highest BCUT2D eigenvalue weighted by atomic mass is 79.9. The molecule has 1 amide bonds. The van der Waals surface area contributed by atoms with Crippen molar-refractivity contribution < 1.29 is 18.0 Å². The molecule has 0 aliphatic carbocycles. The van der Waals surface area contributed by atoms with Gasteiger partial charge in [0.15, 0.2) is 0 Å². The first-order valence-corrected chi connectivity index (χ1v) is 3.81. The van der Waals surface area contributed by atoms with Crippen LogP contribution in [0.2, 0.25) is 0 Å². The van der Waals surface area contributed by atoms with Gasteiger partial charge in [0.1, 0.15) is 0 Å². The smallest absolute Gasteiger partial charge is 0.336 e. The quantitative estimate of drug-likeness (QED) is 0.572. The normalized spacial score (nSPS) is 14.3. The molecule has 66 valence electrons. The zero-order valence-electron chi connectivity index (χ0n) is 5.70. The van der Waals surface area contributed by atoms with Gasteiger partial charge < -0.3 is 5.32 Å². The SMILES string of the molecule is CCC(Br)NC(=O)C(F)(F)F. The van der Waals surface area contributed by atoms with Gasteiger partial charge in [-0.15, -0.1) is 0 Å². The Morgan fingerprint density at radius 2 is 2.09 bits per heavy atom. The summed E-state index contributed by atoms with van der Waals surface area (Å²) in [5.41, 5.74) is 0. The number of alkyl halides is 4. The Kier molecular flexibility index (Phi) is 3.85. The Labute approximate surface area is 70.3 Å². The van der Waals surface area contributed by atoms with Gasteiger partial charge in [0.05, 0.1) is 4.95 Å². The van der Waals surface area contributed by atoms with Crippen LogP contribution in [0.25, 0.3) is 0 Å². The third kappa shape index (κ3) is 4.23. The second-order valence-corrected chi connectivity index (χ2v) is 2.95. The third-order valence-electron chi connectivity index (χ3n) is 0.904. The molecule has 6 heteroatoms. The third-order valence-corrected chi connectivity index (χ3v) is 1.78. The number of halogens is 4. The number of carbonyl (C=O) groups excluding carboxylic acids is 1. The summed E-state index contributed by atoms with van der Waals surface area (Å²) >= 11 is 2.84. The fourth-order valence-electron chi connectivity index (χ4n) is 0.326. The highest BCUT2D eigenvalue weighted by molar-refractivity contribution is 9.09. The predicted octanol–water partition coefficient (Wildman–Crippen LogP) is 1.80. The van der Waals surface area contributed by atoms with E-state index in [1.165, 1.54) is 0 Å². The van der Waals surface area contributed by atoms with Gasteiger partial charge in [-0.25, -0.2) is 0 Å². The molecule has 0 saturated heterocycles. The van der Waals surface area contributed by atoms with E-state index >= 15 is 0 Å². The van der Waals surface area contributed by atoms with Crippen molar-refractivity contribution in [1.29, 1.82) is 0 Å². The van der Waals surface area contributed by atoms with Crippen LogP contribution in [0.1, 0.15) is 13.3 Å². The molecule has 0 aromatic rings. The van der Waals surface area contributed by atoms with Crippen LogP contribution in [0.5, 0.6) is 0 Å². The molecule has 0 aliphatic rings. The largest absolute Gasteiger partial charge is 0.471 e. The van der Waals surface area contributed by atoms with Crippen LogP contribution >= 0.6 is 15.9 Å². The van der Waals surface area contributed by atoms with Gasteiger partial charge in [-0.2, -0.15) is 13.2 Å². The summed E-state index contributed by atoms with van der Waals surface area (Å²) in [5, 5.41) is 1.72. The summed E-state index contributed by atoms with van der Waals surface area (Å²) in [7, 11) is 0. The van der Waals surface area contributed by atoms with Crippen molar-refractivity contribution in [2.24, 2.45) is 0 Å². The lowest BCUT2D eigenvalue weighted by Crippen LogP contribution is -2.40. The van der Waals surface area contributed by atoms with E-state index in [2.05, 4.69) is 15.9 Å². The van der Waals surface area contributed by atoms with E-state index in [-0.39, 0.29) is 0 Å². The molecule has 0 aliphatic heterocycles. The maximum Gasteiger partial charge on any atom is 0.471 e. The minimum absolute atomic E-state index is 0.405. The second kappa shape index (κ2) is 3.94. The topological polar surface area (TPSA) is 29.1 Å². The number of rotatable bonds is 2. The summed E-state index contributed by atoms with van der Waals surface area (Å²) in [6, 6.07) is 0. The van der Waals surface area contributed by atoms with E-state index in [1.807, 2.05) is 0 Å². The lowest BCUT2D eigenvalue weighted by Gasteiger charge is -2.11. The summed E-state index contributed by atoms with van der Waals surface area (Å²) in [6.07, 6.45) is -4.39. The molecule has 0 aromatic carbocycles. The molecule has 1 unspecified atom stereocenters. The molecule has 0 saturated carbocycles. The molecule has 1 N–H and O–H groups in total. The zero-order valence-corrected chi connectivity index (χ0v) is 7.29. The lowest BCUT2D eigenvalue weighted by molar-refractivity contribution is -0.173. The first kappa shape index (κ1) is 10.7. The van der Waals surface area contributed by atoms with E-state index in [4.69, 9.17) is 0 Å². The maximum absolute atomic E-state index is 11.5. The van der Waals surface area contributed by atoms with E-state index in [0.717, 1.165) is 0 Å². The van der Waals surface area contributed by atoms with Gasteiger partial charge in [-0.1, -0.05) is 22.9 Å². The number of nitrogens with one attached hydrogen (secondary N) is 1. The minimum Gasteiger partial charge on any atom is -0.336 e. The van der Waals surface area contributed by atoms with Gasteiger partial charge in [0, 0.05) is 0 Å². The minimum atomic E-state index is -4.79. The Hall–Kier alpha value is -0.260. The first-order chi connectivity index (χ1) is 4.88. The van der Waals surface area contributed by atoms with Crippen molar-refractivity contribution in [3.63, 3.8) is 0 Å². The fraction of sp³-hybridized carbons (Fsp3) is 0.800. The Morgan fingerprint density at radius 1 is 1.64 bits per heavy atom. The number of hydrogen-bond donors (Lipinski definition) is 1. The van der Waals surface area contributed by atoms with Crippen LogP contribution in [0.15, 0.2) is 0 Å². The molecule has 0 heterocycles. The summed E-state index contributed by atoms with van der Waals surface area (Å²) in [5.74, 6) is -1.92. The molecule has 0 spiro atoms. The average molecular weight is 234 g/mol. The van der Waals surface area contributed by atoms with E-state index in [0.29, 0.717) is 6.42 Å². The van der Waals surface area contributed by atoms with Crippen LogP contribution in [-0.2, 0) is 4.79 Å². The van der Waals surface area contributed by atoms with E-state index in [9.17, 15) is 18.0 Å². The highest BCUT2D eigenvalue weighted by Crippen LogP contribution is 2.15. The molecular weight excluding hydrogens is 227 g/mol. The highest BCUT2D eigenvalue weighted by Gasteiger charge is 2.39. The van der Waals surface area contributed by atoms with Crippen LogP contribution in [0.3, 0.4) is 0 Å². The van der Waals surface area contributed by atoms with Gasteiger partial charge in [0.25, 0.3) is 0 Å². The van der Waals surface area contributed by atoms with Crippen LogP contribution < -0.4 is 5.32 Å². The van der Waals surface area contributed by atoms with Crippen LogP contribution in [0.4, 0.5) is 13.2 Å². The summed E-state index contributed by atoms with van der Waals surface area (Å²) in [6.45, 7) is 1.65. The molecule has 2 nitrogen and oxygen atoms in total. The van der Waals surface area contributed by atoms with E-state index < -0.39 is 17.0 Å². The Morgan fingerprint density at radius 3 is 2.36 bits per heavy atom. The standard InChI is InChI=1S/C5H7BrF3NO/c1-2-3(6)10-4(11)5(7,8)9/h3H,2H2,1H3,(H,10,11). The maximum atomic E-state index is 11.5. The monoisotopic (exact) mass is 233 g/mol. The van der Waals surface area contributed by atoms with Crippen LogP contribution in [0, 0.1) is 0 Å². The Balaban J connectivity index is 3.88. The van der Waals surface area contributed by atoms with Crippen molar-refractivity contribution in [3.05, 3.63) is 0 Å². The molecule has 11 heavy (non-hydrogen) atoms. The molecule has 0 fully saturated rings. The first-order valence-electron chi connectivity index (χ1n) is 2.89. The van der Waals surface area contributed by atoms with Gasteiger partial charge in [-0.3, -0.25) is 4.79 Å². The van der Waals surface area contributed by atoms with Gasteiger partial charge >= 0.3 is 12.1 Å². The fourth-order valence-corrected chi connectivity index (χ4v) is 0.534. The van der Waals surface area contributed by atoms with Crippen molar-refractivity contribution in [2.75, 3.05) is 0 Å². The number of hydrogen-bond acceptors (Lipinski definition) is 1. The van der Waals surface area contributed by atoms with Crippen molar-refractivity contribution in [1.82, 2.24) is 5.32 Å². The van der Waals surface area contributed by atoms with Crippen molar-refractivity contribution in [3.8, 4) is 0 Å². The zero-order chi connectivity index (χ0) is 9.07. The Bertz CT molecular complexity index is 147. The van der Waals surface area contributed by atoms with Gasteiger partial charge in [-0.05, 0) is 6.42 Å². The second-order valence-electron chi connectivity index (χ2n) is 1.85. The van der Waals surface area contributed by atoms with Crippen LogP contribution in [-0.4, -0.2) is 17.0 Å². The number of amides is 1. The molecule has 0 rings (SSSR count). The average Bonchev–Trinajstić information content (AvgIpc) is 1.85. The molecule has 0 bridgehead atoms. The number of carbonyl (C=O) groups is 1. The van der Waals surface area contributed by atoms with Crippen molar-refractivity contribution >= 4 is 21.8 Å².